The van der Waals surface area contributed by atoms with Gasteiger partial charge in [0.15, 0.2) is 0 Å². The van der Waals surface area contributed by atoms with Crippen molar-refractivity contribution in [2.24, 2.45) is 0 Å². The molecule has 1 N–H and O–H groups in total. The summed E-state index contributed by atoms with van der Waals surface area (Å²) >= 11 is 0.500. The molecule has 25 valence electrons. The standard InChI is InChI=1S/Ba.Mg.Nb.H2O.O.3H/h;;;1H2;;;;/q;+1;;;;;;/p-1. The first-order valence-electron chi connectivity index (χ1n) is 0.183. The van der Waals surface area contributed by atoms with Crippen molar-refractivity contribution >= 4 is 71.9 Å². The summed E-state index contributed by atoms with van der Waals surface area (Å²) < 4.78 is 8.30. The van der Waals surface area contributed by atoms with E-state index >= 15 is 0 Å². The van der Waals surface area contributed by atoms with Gasteiger partial charge in [-0.05, 0) is 0 Å². The third-order valence-electron chi connectivity index (χ3n) is 0. The molecule has 0 aromatic heterocycles. The molecule has 2 nitrogen and oxygen atoms in total. The third-order valence-corrected chi connectivity index (χ3v) is 0. The Bertz CT molecular complexity index is 9.61. The molecule has 5 heteroatoms. The molecule has 0 atom stereocenters. The van der Waals surface area contributed by atoms with Gasteiger partial charge in [-0.2, -0.15) is 0 Å². The van der Waals surface area contributed by atoms with E-state index in [1.165, 1.54) is 0 Å². The van der Waals surface area contributed by atoms with E-state index in [1.807, 2.05) is 0 Å². The number of hydrogen-bond donors (Lipinski definition) is 0. The molecule has 0 aromatic carbocycles. The van der Waals surface area contributed by atoms with Crippen LogP contribution in [0.2, 0.25) is 0 Å². The average molecular weight is 291 g/mol. The Kier molecular flexibility index (Phi) is 144. The fraction of sp³-hybridized carbons (Fsp3) is 0. The van der Waals surface area contributed by atoms with Crippen LogP contribution in [-0.4, -0.2) is 77.4 Å². The Morgan fingerprint density at radius 2 is 1.20 bits per heavy atom. The van der Waals surface area contributed by atoms with Crippen LogP contribution in [0.3, 0.4) is 0 Å². The Morgan fingerprint density at radius 1 is 1.20 bits per heavy atom. The minimum absolute atomic E-state index is 0. The third kappa shape index (κ3) is 19.9. The molecule has 0 fully saturated rings. The van der Waals surface area contributed by atoms with Crippen LogP contribution in [0, 0.1) is 0 Å². The Hall–Kier alpha value is 2.84. The molecule has 0 saturated heterocycles. The van der Waals surface area contributed by atoms with Gasteiger partial charge in [0, 0.05) is 0 Å². The SMILES string of the molecule is [BaH2].[MgH+].[OH-].[O]=[Nb]. The van der Waals surface area contributed by atoms with Crippen LogP contribution in [-0.2, 0) is 24.3 Å². The molecule has 0 aliphatic rings. The number of rotatable bonds is 0. The summed E-state index contributed by atoms with van der Waals surface area (Å²) in [5.41, 5.74) is 0. The van der Waals surface area contributed by atoms with Crippen LogP contribution in [0.4, 0.5) is 0 Å². The van der Waals surface area contributed by atoms with Crippen LogP contribution in [0.15, 0.2) is 0 Å². The molecule has 0 bridgehead atoms. The van der Waals surface area contributed by atoms with E-state index in [-0.39, 0.29) is 77.4 Å². The van der Waals surface area contributed by atoms with Gasteiger partial charge >= 0.3 is 96.2 Å². The van der Waals surface area contributed by atoms with E-state index in [0.29, 0.717) is 21.0 Å². The van der Waals surface area contributed by atoms with E-state index in [2.05, 4.69) is 0 Å². The summed E-state index contributed by atoms with van der Waals surface area (Å²) in [6.07, 6.45) is 0. The number of hydrogen-bond acceptors (Lipinski definition) is 2. The predicted octanol–water partition coefficient (Wildman–Crippen LogP) is -1.86. The molecule has 0 radical (unpaired) electrons. The van der Waals surface area contributed by atoms with Crippen molar-refractivity contribution in [2.75, 3.05) is 0 Å². The Morgan fingerprint density at radius 3 is 1.20 bits per heavy atom. The van der Waals surface area contributed by atoms with E-state index in [0.717, 1.165) is 0 Å². The zero-order valence-corrected chi connectivity index (χ0v) is 6.50. The second-order valence-corrected chi connectivity index (χ2v) is 0. The fourth-order valence-electron chi connectivity index (χ4n) is 0. The molecule has 0 unspecified atom stereocenters. The van der Waals surface area contributed by atoms with Gasteiger partial charge in [-0.1, -0.05) is 0 Å². The monoisotopic (exact) mass is 291 g/mol. The normalized spacial score (nSPS) is 0.600. The van der Waals surface area contributed by atoms with Gasteiger partial charge in [-0.15, -0.1) is 0 Å². The second kappa shape index (κ2) is 28.9. The zero-order valence-electron chi connectivity index (χ0n) is 2.30. The van der Waals surface area contributed by atoms with E-state index in [9.17, 15) is 0 Å². The van der Waals surface area contributed by atoms with Crippen molar-refractivity contribution in [3.63, 3.8) is 0 Å². The van der Waals surface area contributed by atoms with Crippen molar-refractivity contribution < 1.29 is 29.8 Å². The van der Waals surface area contributed by atoms with E-state index in [4.69, 9.17) is 3.25 Å². The van der Waals surface area contributed by atoms with Gasteiger partial charge in [0.25, 0.3) is 0 Å². The van der Waals surface area contributed by atoms with Gasteiger partial charge in [0.2, 0.25) is 0 Å². The topological polar surface area (TPSA) is 47.1 Å². The van der Waals surface area contributed by atoms with Crippen molar-refractivity contribution in [3.8, 4) is 0 Å². The van der Waals surface area contributed by atoms with E-state index in [1.54, 1.807) is 0 Å². The first-order valence-corrected chi connectivity index (χ1v) is 1.08. The molecular weight excluding hydrogens is 287 g/mol. The average Bonchev–Trinajstić information content (AvgIpc) is 1.00. The zero-order chi connectivity index (χ0) is 2.00. The van der Waals surface area contributed by atoms with Crippen LogP contribution < -0.4 is 0 Å². The quantitative estimate of drug-likeness (QED) is 0.491. The Labute approximate surface area is 99.2 Å². The summed E-state index contributed by atoms with van der Waals surface area (Å²) in [5, 5.41) is 0. The summed E-state index contributed by atoms with van der Waals surface area (Å²) in [5.74, 6) is 0. The molecule has 0 aromatic rings. The van der Waals surface area contributed by atoms with Gasteiger partial charge in [0.05, 0.1) is 0 Å². The van der Waals surface area contributed by atoms with Crippen molar-refractivity contribution in [3.05, 3.63) is 0 Å². The summed E-state index contributed by atoms with van der Waals surface area (Å²) in [6, 6.07) is 0. The minimum atomic E-state index is 0. The molecule has 0 saturated carbocycles. The summed E-state index contributed by atoms with van der Waals surface area (Å²) in [4.78, 5) is 0. The second-order valence-electron chi connectivity index (χ2n) is 0. The molecule has 0 aliphatic heterocycles. The Balaban J connectivity index is -0.00000000167. The maximum absolute atomic E-state index is 8.30. The van der Waals surface area contributed by atoms with Gasteiger partial charge in [-0.3, -0.25) is 0 Å². The van der Waals surface area contributed by atoms with Gasteiger partial charge < -0.3 is 5.48 Å². The molecule has 0 spiro atoms. The van der Waals surface area contributed by atoms with Crippen LogP contribution in [0.25, 0.3) is 0 Å². The molecule has 0 rings (SSSR count). The maximum atomic E-state index is 8.30. The first-order chi connectivity index (χ1) is 1.00. The molecule has 0 amide bonds. The van der Waals surface area contributed by atoms with Crippen molar-refractivity contribution in [2.45, 2.75) is 0 Å². The van der Waals surface area contributed by atoms with Crippen LogP contribution in [0.5, 0.6) is 0 Å². The fourth-order valence-corrected chi connectivity index (χ4v) is 0. The first kappa shape index (κ1) is 24.9. The molecular formula is H4BaMgNbO2. The summed E-state index contributed by atoms with van der Waals surface area (Å²) in [6.45, 7) is 0. The summed E-state index contributed by atoms with van der Waals surface area (Å²) in [7, 11) is 0. The predicted molar refractivity (Wildman–Crippen MR) is 18.3 cm³/mol. The molecule has 5 heavy (non-hydrogen) atoms. The van der Waals surface area contributed by atoms with Crippen molar-refractivity contribution in [1.82, 2.24) is 0 Å². The van der Waals surface area contributed by atoms with Crippen LogP contribution in [0.1, 0.15) is 0 Å². The van der Waals surface area contributed by atoms with E-state index < -0.39 is 0 Å². The van der Waals surface area contributed by atoms with Gasteiger partial charge in [-0.25, -0.2) is 0 Å². The molecule has 0 heterocycles. The molecule has 0 aliphatic carbocycles. The van der Waals surface area contributed by atoms with Crippen molar-refractivity contribution in [1.29, 1.82) is 0 Å². The van der Waals surface area contributed by atoms with Crippen LogP contribution >= 0.6 is 0 Å². The van der Waals surface area contributed by atoms with Gasteiger partial charge in [0.1, 0.15) is 0 Å².